The van der Waals surface area contributed by atoms with Crippen LogP contribution >= 0.6 is 24.0 Å². The molecule has 2 aromatic rings. The van der Waals surface area contributed by atoms with Crippen LogP contribution in [0, 0.1) is 6.92 Å². The number of carbonyl (C=O) groups excluding carboxylic acids is 1. The smallest absolute Gasteiger partial charge is 0.227 e. The number of hydrogen-bond acceptors (Lipinski definition) is 5. The van der Waals surface area contributed by atoms with E-state index in [9.17, 15) is 4.79 Å². The summed E-state index contributed by atoms with van der Waals surface area (Å²) in [5.74, 6) is 2.00. The van der Waals surface area contributed by atoms with Crippen molar-refractivity contribution in [2.75, 3.05) is 50.7 Å². The summed E-state index contributed by atoms with van der Waals surface area (Å²) in [4.78, 5) is 24.1. The van der Waals surface area contributed by atoms with E-state index in [2.05, 4.69) is 33.3 Å². The van der Waals surface area contributed by atoms with E-state index < -0.39 is 0 Å². The maximum Gasteiger partial charge on any atom is 0.227 e. The van der Waals surface area contributed by atoms with Crippen LogP contribution < -0.4 is 10.2 Å². The van der Waals surface area contributed by atoms with Gasteiger partial charge in [0.1, 0.15) is 5.76 Å². The van der Waals surface area contributed by atoms with Crippen molar-refractivity contribution in [2.24, 2.45) is 4.99 Å². The number of guanidine groups is 1. The van der Waals surface area contributed by atoms with E-state index in [4.69, 9.17) is 9.52 Å². The van der Waals surface area contributed by atoms with Crippen molar-refractivity contribution in [1.29, 1.82) is 0 Å². The minimum absolute atomic E-state index is 0. The first kappa shape index (κ1) is 25.5. The van der Waals surface area contributed by atoms with Gasteiger partial charge in [-0.3, -0.25) is 14.7 Å². The van der Waals surface area contributed by atoms with Gasteiger partial charge in [0.05, 0.1) is 5.69 Å². The molecule has 1 fully saturated rings. The Kier molecular flexibility index (Phi) is 9.54. The summed E-state index contributed by atoms with van der Waals surface area (Å²) < 4.78 is 5.18. The molecule has 1 saturated heterocycles. The molecule has 1 amide bonds. The van der Waals surface area contributed by atoms with E-state index in [0.717, 1.165) is 81.8 Å². The van der Waals surface area contributed by atoms with Crippen LogP contribution in [0.2, 0.25) is 0 Å². The standard InChI is InChI=1S/C24H34N6O2.HI/c1-3-25-24(29-15-13-28(14-16-29)18-21-17-19(2)32-27-21)26-11-6-9-23(31)30-12-10-20-7-4-5-8-22(20)30;/h4-5,7-8,17H,3,6,9-16,18H2,1-2H3,(H,25,26);1H. The first-order valence-corrected chi connectivity index (χ1v) is 11.7. The zero-order chi connectivity index (χ0) is 22.3. The van der Waals surface area contributed by atoms with E-state index in [1.165, 1.54) is 5.56 Å². The summed E-state index contributed by atoms with van der Waals surface area (Å²) in [7, 11) is 0. The molecule has 1 N–H and O–H groups in total. The first-order valence-electron chi connectivity index (χ1n) is 11.7. The average Bonchev–Trinajstić information content (AvgIpc) is 3.42. The number of aryl methyl sites for hydroxylation is 1. The molecule has 0 bridgehead atoms. The van der Waals surface area contributed by atoms with E-state index in [-0.39, 0.29) is 29.9 Å². The molecule has 1 aromatic heterocycles. The number of piperazine rings is 1. The number of amides is 1. The fourth-order valence-corrected chi connectivity index (χ4v) is 4.41. The van der Waals surface area contributed by atoms with Gasteiger partial charge in [-0.1, -0.05) is 23.4 Å². The third kappa shape index (κ3) is 6.69. The number of anilines is 1. The third-order valence-corrected chi connectivity index (χ3v) is 6.07. The van der Waals surface area contributed by atoms with Crippen LogP contribution in [0.3, 0.4) is 0 Å². The normalized spacial score (nSPS) is 16.5. The fraction of sp³-hybridized carbons (Fsp3) is 0.542. The van der Waals surface area contributed by atoms with Gasteiger partial charge in [-0.15, -0.1) is 24.0 Å². The lowest BCUT2D eigenvalue weighted by Gasteiger charge is -2.36. The van der Waals surface area contributed by atoms with Crippen molar-refractivity contribution < 1.29 is 9.32 Å². The molecule has 33 heavy (non-hydrogen) atoms. The predicted molar refractivity (Wildman–Crippen MR) is 141 cm³/mol. The Morgan fingerprint density at radius 1 is 1.18 bits per heavy atom. The highest BCUT2D eigenvalue weighted by Gasteiger charge is 2.24. The van der Waals surface area contributed by atoms with Gasteiger partial charge in [-0.2, -0.15) is 0 Å². The van der Waals surface area contributed by atoms with Gasteiger partial charge in [0, 0.05) is 70.5 Å². The quantitative estimate of drug-likeness (QED) is 0.241. The molecule has 0 radical (unpaired) electrons. The monoisotopic (exact) mass is 566 g/mol. The van der Waals surface area contributed by atoms with Crippen molar-refractivity contribution in [2.45, 2.75) is 39.7 Å². The number of nitrogens with one attached hydrogen (secondary N) is 1. The van der Waals surface area contributed by atoms with Crippen LogP contribution in [0.15, 0.2) is 39.8 Å². The Hall–Kier alpha value is -2.14. The zero-order valence-electron chi connectivity index (χ0n) is 19.6. The summed E-state index contributed by atoms with van der Waals surface area (Å²) in [6.07, 6.45) is 2.24. The molecule has 0 unspecified atom stereocenters. The molecule has 0 aliphatic carbocycles. The Balaban J connectivity index is 0.00000306. The second-order valence-electron chi connectivity index (χ2n) is 8.46. The first-order chi connectivity index (χ1) is 15.6. The topological polar surface area (TPSA) is 77.2 Å². The minimum atomic E-state index is 0. The van der Waals surface area contributed by atoms with Crippen LogP contribution in [-0.2, 0) is 17.8 Å². The van der Waals surface area contributed by atoms with Crippen molar-refractivity contribution in [3.63, 3.8) is 0 Å². The number of hydrogen-bond donors (Lipinski definition) is 1. The molecule has 0 spiro atoms. The molecule has 0 atom stereocenters. The minimum Gasteiger partial charge on any atom is -0.361 e. The van der Waals surface area contributed by atoms with Gasteiger partial charge in [0.25, 0.3) is 0 Å². The lowest BCUT2D eigenvalue weighted by molar-refractivity contribution is -0.118. The van der Waals surface area contributed by atoms with E-state index in [1.807, 2.05) is 36.1 Å². The second kappa shape index (κ2) is 12.4. The zero-order valence-corrected chi connectivity index (χ0v) is 22.0. The molecule has 3 heterocycles. The SMILES string of the molecule is CCNC(=NCCCC(=O)N1CCc2ccccc21)N1CCN(Cc2cc(C)on2)CC1.I. The molecule has 2 aliphatic rings. The highest BCUT2D eigenvalue weighted by atomic mass is 127. The molecule has 4 rings (SSSR count). The van der Waals surface area contributed by atoms with Crippen molar-refractivity contribution in [3.8, 4) is 0 Å². The number of carbonyl (C=O) groups is 1. The van der Waals surface area contributed by atoms with Crippen molar-refractivity contribution in [1.82, 2.24) is 20.3 Å². The lowest BCUT2D eigenvalue weighted by Crippen LogP contribution is -2.52. The Morgan fingerprint density at radius 3 is 2.70 bits per heavy atom. The van der Waals surface area contributed by atoms with Gasteiger partial charge in [-0.05, 0) is 38.3 Å². The summed E-state index contributed by atoms with van der Waals surface area (Å²) >= 11 is 0. The van der Waals surface area contributed by atoms with E-state index >= 15 is 0 Å². The number of aliphatic imine (C=N–C) groups is 1. The molecule has 2 aliphatic heterocycles. The van der Waals surface area contributed by atoms with Gasteiger partial charge in [-0.25, -0.2) is 0 Å². The van der Waals surface area contributed by atoms with E-state index in [0.29, 0.717) is 13.0 Å². The van der Waals surface area contributed by atoms with Crippen LogP contribution in [0.4, 0.5) is 5.69 Å². The maximum atomic E-state index is 12.7. The largest absolute Gasteiger partial charge is 0.361 e. The average molecular weight is 566 g/mol. The Labute approximate surface area is 213 Å². The van der Waals surface area contributed by atoms with Crippen LogP contribution in [0.25, 0.3) is 0 Å². The highest BCUT2D eigenvalue weighted by molar-refractivity contribution is 14.0. The fourth-order valence-electron chi connectivity index (χ4n) is 4.41. The van der Waals surface area contributed by atoms with Crippen LogP contribution in [0.5, 0.6) is 0 Å². The maximum absolute atomic E-state index is 12.7. The lowest BCUT2D eigenvalue weighted by atomic mass is 10.2. The van der Waals surface area contributed by atoms with Crippen LogP contribution in [-0.4, -0.2) is 72.6 Å². The van der Waals surface area contributed by atoms with Crippen LogP contribution in [0.1, 0.15) is 36.8 Å². The number of aromatic nitrogens is 1. The molecular weight excluding hydrogens is 531 g/mol. The number of nitrogens with zero attached hydrogens (tertiary/aromatic N) is 5. The highest BCUT2D eigenvalue weighted by Crippen LogP contribution is 2.28. The summed E-state index contributed by atoms with van der Waals surface area (Å²) in [5, 5.41) is 7.51. The number of fused-ring (bicyclic) bond motifs is 1. The molecule has 1 aromatic carbocycles. The van der Waals surface area contributed by atoms with Gasteiger partial charge in [0.15, 0.2) is 5.96 Å². The predicted octanol–water partition coefficient (Wildman–Crippen LogP) is 3.05. The Bertz CT molecular complexity index is 939. The van der Waals surface area contributed by atoms with Crippen molar-refractivity contribution in [3.05, 3.63) is 47.3 Å². The molecule has 9 heteroatoms. The number of benzene rings is 1. The van der Waals surface area contributed by atoms with E-state index in [1.54, 1.807) is 0 Å². The molecular formula is C24H35IN6O2. The summed E-state index contributed by atoms with van der Waals surface area (Å²) in [6.45, 7) is 10.9. The second-order valence-corrected chi connectivity index (χ2v) is 8.46. The molecule has 0 saturated carbocycles. The Morgan fingerprint density at radius 2 is 1.97 bits per heavy atom. The number of halogens is 1. The summed E-state index contributed by atoms with van der Waals surface area (Å²) in [6, 6.07) is 10.2. The third-order valence-electron chi connectivity index (χ3n) is 6.07. The molecule has 180 valence electrons. The van der Waals surface area contributed by atoms with Crippen molar-refractivity contribution >= 4 is 41.5 Å². The van der Waals surface area contributed by atoms with Gasteiger partial charge < -0.3 is 19.6 Å². The summed E-state index contributed by atoms with van der Waals surface area (Å²) in [5.41, 5.74) is 3.33. The van der Waals surface area contributed by atoms with Gasteiger partial charge >= 0.3 is 0 Å². The number of rotatable bonds is 7. The molecule has 8 nitrogen and oxygen atoms in total. The number of para-hydroxylation sites is 1. The van der Waals surface area contributed by atoms with Gasteiger partial charge in [0.2, 0.25) is 5.91 Å².